The molecule has 0 heteroatoms. The lowest BCUT2D eigenvalue weighted by Gasteiger charge is -2.10. The molecule has 7 rings (SSSR count). The van der Waals surface area contributed by atoms with Gasteiger partial charge in [-0.1, -0.05) is 200 Å². The third kappa shape index (κ3) is 14.2. The minimum atomic E-state index is 1.08. The number of allylic oxidation sites excluding steroid dienone is 4. The molecule has 0 saturated heterocycles. The Balaban J connectivity index is 0.000000199. The van der Waals surface area contributed by atoms with Gasteiger partial charge < -0.3 is 0 Å². The second kappa shape index (κ2) is 22.6. The molecular formula is C52H60. The van der Waals surface area contributed by atoms with Crippen molar-refractivity contribution in [2.24, 2.45) is 0 Å². The number of rotatable bonds is 4. The Morgan fingerprint density at radius 2 is 0.904 bits per heavy atom. The van der Waals surface area contributed by atoms with Crippen molar-refractivity contribution in [3.8, 4) is 22.3 Å². The van der Waals surface area contributed by atoms with E-state index >= 15 is 0 Å². The van der Waals surface area contributed by atoms with E-state index in [1.807, 2.05) is 32.0 Å². The van der Waals surface area contributed by atoms with Crippen LogP contribution in [-0.4, -0.2) is 0 Å². The van der Waals surface area contributed by atoms with E-state index in [0.29, 0.717) is 0 Å². The largest absolute Gasteiger partial charge is 0.0842 e. The van der Waals surface area contributed by atoms with Crippen LogP contribution in [0.5, 0.6) is 0 Å². The molecule has 0 unspecified atom stereocenters. The molecule has 0 fully saturated rings. The molecule has 0 N–H and O–H groups in total. The highest BCUT2D eigenvalue weighted by Gasteiger charge is 2.05. The van der Waals surface area contributed by atoms with E-state index in [2.05, 4.69) is 194 Å². The minimum absolute atomic E-state index is 1.08. The van der Waals surface area contributed by atoms with Gasteiger partial charge in [-0.3, -0.25) is 0 Å². The highest BCUT2D eigenvalue weighted by molar-refractivity contribution is 5.71. The molecule has 1 aliphatic carbocycles. The van der Waals surface area contributed by atoms with Crippen LogP contribution in [0.25, 0.3) is 22.3 Å². The zero-order valence-electron chi connectivity index (χ0n) is 33.2. The molecule has 6 aromatic carbocycles. The Labute approximate surface area is 316 Å². The fourth-order valence-corrected chi connectivity index (χ4v) is 5.72. The van der Waals surface area contributed by atoms with Crippen LogP contribution >= 0.6 is 0 Å². The SMILES string of the molecule is CC.Cc1ccc(-c2ccc(CC3=CC=CCC3)cc2)cc1.Cc1ccc(C)c(-c2ccccc2C)c1.Cc1ccccc1.Cc1ccccc1C. The Morgan fingerprint density at radius 1 is 0.423 bits per heavy atom. The normalized spacial score (nSPS) is 11.1. The first kappa shape index (κ1) is 41.2. The third-order valence-electron chi connectivity index (χ3n) is 9.06. The summed E-state index contributed by atoms with van der Waals surface area (Å²) in [7, 11) is 0. The van der Waals surface area contributed by atoms with E-state index in [-0.39, 0.29) is 0 Å². The maximum Gasteiger partial charge on any atom is -0.00639 e. The number of hydrogen-bond acceptors (Lipinski definition) is 0. The Hall–Kier alpha value is -5.20. The van der Waals surface area contributed by atoms with Crippen molar-refractivity contribution in [1.29, 1.82) is 0 Å². The molecule has 0 heterocycles. The van der Waals surface area contributed by atoms with E-state index in [1.54, 1.807) is 0 Å². The lowest BCUT2D eigenvalue weighted by atomic mass is 9.95. The molecule has 6 aromatic rings. The van der Waals surface area contributed by atoms with E-state index in [9.17, 15) is 0 Å². The molecule has 52 heavy (non-hydrogen) atoms. The lowest BCUT2D eigenvalue weighted by Crippen LogP contribution is -1.93. The maximum atomic E-state index is 2.26. The molecule has 268 valence electrons. The van der Waals surface area contributed by atoms with Gasteiger partial charge in [0.25, 0.3) is 0 Å². The van der Waals surface area contributed by atoms with Crippen molar-refractivity contribution in [3.63, 3.8) is 0 Å². The fraction of sp³-hybridized carbons (Fsp3) is 0.231. The summed E-state index contributed by atoms with van der Waals surface area (Å²) in [5.41, 5.74) is 17.6. The second-order valence-electron chi connectivity index (χ2n) is 13.4. The fourth-order valence-electron chi connectivity index (χ4n) is 5.72. The van der Waals surface area contributed by atoms with Gasteiger partial charge in [0.1, 0.15) is 0 Å². The van der Waals surface area contributed by atoms with Gasteiger partial charge in [-0.05, 0) is 118 Å². The van der Waals surface area contributed by atoms with Crippen LogP contribution in [0.1, 0.15) is 71.2 Å². The smallest absolute Gasteiger partial charge is 0.00639 e. The molecule has 0 atom stereocenters. The molecule has 0 spiro atoms. The second-order valence-corrected chi connectivity index (χ2v) is 13.4. The molecule has 0 aliphatic heterocycles. The molecule has 1 aliphatic rings. The predicted octanol–water partition coefficient (Wildman–Crippen LogP) is 15.1. The van der Waals surface area contributed by atoms with E-state index in [1.165, 1.54) is 85.2 Å². The molecule has 0 saturated carbocycles. The zero-order valence-corrected chi connectivity index (χ0v) is 33.2. The first-order chi connectivity index (χ1) is 25.2. The highest BCUT2D eigenvalue weighted by Crippen LogP contribution is 2.27. The van der Waals surface area contributed by atoms with Crippen LogP contribution in [0, 0.1) is 48.5 Å². The van der Waals surface area contributed by atoms with Crippen LogP contribution in [0.2, 0.25) is 0 Å². The number of hydrogen-bond donors (Lipinski definition) is 0. The van der Waals surface area contributed by atoms with Crippen molar-refractivity contribution in [2.45, 2.75) is 81.6 Å². The Bertz CT molecular complexity index is 1930. The average Bonchev–Trinajstić information content (AvgIpc) is 3.17. The summed E-state index contributed by atoms with van der Waals surface area (Å²) >= 11 is 0. The van der Waals surface area contributed by atoms with Crippen LogP contribution in [0.3, 0.4) is 0 Å². The predicted molar refractivity (Wildman–Crippen MR) is 231 cm³/mol. The van der Waals surface area contributed by atoms with E-state index < -0.39 is 0 Å². The summed E-state index contributed by atoms with van der Waals surface area (Å²) < 4.78 is 0. The van der Waals surface area contributed by atoms with Gasteiger partial charge >= 0.3 is 0 Å². The van der Waals surface area contributed by atoms with Gasteiger partial charge in [0.15, 0.2) is 0 Å². The van der Waals surface area contributed by atoms with Gasteiger partial charge in [-0.25, -0.2) is 0 Å². The number of aryl methyl sites for hydroxylation is 7. The van der Waals surface area contributed by atoms with Gasteiger partial charge in [0, 0.05) is 0 Å². The molecule has 0 aromatic heterocycles. The standard InChI is InChI=1S/C20H20.C15H16.C8H10.C7H8.C2H6/c1-16-7-11-19(12-8-16)20-13-9-18(10-14-20)15-17-5-3-2-4-6-17;1-11-8-9-13(3)15(10-11)14-7-5-4-6-12(14)2;1-7-5-3-4-6-8(7)2;1-7-5-3-2-4-6-7;1-2/h2-3,5,7-14H,4,6,15H2,1H3;4-10H,1-3H3;3-6H,1-2H3;2-6H,1H3;1-2H3. The summed E-state index contributed by atoms with van der Waals surface area (Å²) in [4.78, 5) is 0. The highest BCUT2D eigenvalue weighted by atomic mass is 14.1. The van der Waals surface area contributed by atoms with Crippen molar-refractivity contribution < 1.29 is 0 Å². The van der Waals surface area contributed by atoms with Gasteiger partial charge in [0.2, 0.25) is 0 Å². The molecule has 0 radical (unpaired) electrons. The first-order valence-electron chi connectivity index (χ1n) is 18.9. The molecule has 0 nitrogen and oxygen atoms in total. The summed E-state index contributed by atoms with van der Waals surface area (Å²) in [5.74, 6) is 0. The average molecular weight is 685 g/mol. The third-order valence-corrected chi connectivity index (χ3v) is 9.06. The summed E-state index contributed by atoms with van der Waals surface area (Å²) in [6, 6.07) is 51.5. The number of benzene rings is 6. The van der Waals surface area contributed by atoms with E-state index in [0.717, 1.165) is 6.42 Å². The Kier molecular flexibility index (Phi) is 17.9. The topological polar surface area (TPSA) is 0 Å². The molecule has 0 bridgehead atoms. The Morgan fingerprint density at radius 3 is 1.40 bits per heavy atom. The quantitative estimate of drug-likeness (QED) is 0.173. The van der Waals surface area contributed by atoms with E-state index in [4.69, 9.17) is 0 Å². The zero-order chi connectivity index (χ0) is 37.7. The summed E-state index contributed by atoms with van der Waals surface area (Å²) in [6.45, 7) is 18.9. The van der Waals surface area contributed by atoms with Gasteiger partial charge in [0.05, 0.1) is 0 Å². The van der Waals surface area contributed by atoms with Gasteiger partial charge in [-0.15, -0.1) is 0 Å². The van der Waals surface area contributed by atoms with Crippen LogP contribution < -0.4 is 0 Å². The monoisotopic (exact) mass is 684 g/mol. The lowest BCUT2D eigenvalue weighted by molar-refractivity contribution is 0.911. The van der Waals surface area contributed by atoms with Crippen molar-refractivity contribution >= 4 is 0 Å². The summed E-state index contributed by atoms with van der Waals surface area (Å²) in [6.07, 6.45) is 10.2. The van der Waals surface area contributed by atoms with Gasteiger partial charge in [-0.2, -0.15) is 0 Å². The van der Waals surface area contributed by atoms with Crippen LogP contribution in [0.15, 0.2) is 169 Å². The minimum Gasteiger partial charge on any atom is -0.0842 e. The van der Waals surface area contributed by atoms with Crippen molar-refractivity contribution in [2.75, 3.05) is 0 Å². The maximum absolute atomic E-state index is 2.26. The van der Waals surface area contributed by atoms with Crippen LogP contribution in [-0.2, 0) is 6.42 Å². The van der Waals surface area contributed by atoms with Crippen molar-refractivity contribution in [3.05, 3.63) is 214 Å². The summed E-state index contributed by atoms with van der Waals surface area (Å²) in [5, 5.41) is 0. The first-order valence-corrected chi connectivity index (χ1v) is 18.9. The van der Waals surface area contributed by atoms with Crippen molar-refractivity contribution in [1.82, 2.24) is 0 Å². The van der Waals surface area contributed by atoms with Crippen LogP contribution in [0.4, 0.5) is 0 Å². The molecule has 0 amide bonds. The molecular weight excluding hydrogens is 625 g/mol.